The summed E-state index contributed by atoms with van der Waals surface area (Å²) in [6.07, 6.45) is 1.88. The van der Waals surface area contributed by atoms with Crippen LogP contribution in [-0.2, 0) is 22.5 Å². The number of fused-ring (bicyclic) bond motifs is 1. The Morgan fingerprint density at radius 2 is 1.82 bits per heavy atom. The third-order valence-electron chi connectivity index (χ3n) is 9.14. The first kappa shape index (κ1) is 32.1. The molecule has 0 radical (unpaired) electrons. The zero-order valence-electron chi connectivity index (χ0n) is 25.0. The molecule has 1 aromatic heterocycles. The summed E-state index contributed by atoms with van der Waals surface area (Å²) in [5.41, 5.74) is 0.871. The summed E-state index contributed by atoms with van der Waals surface area (Å²) in [7, 11) is 1.56. The molecule has 2 saturated heterocycles. The molecule has 2 aliphatic heterocycles. The minimum absolute atomic E-state index is 0.0115. The highest BCUT2D eigenvalue weighted by molar-refractivity contribution is 5.85. The van der Waals surface area contributed by atoms with Gasteiger partial charge in [0.25, 0.3) is 0 Å². The molecule has 44 heavy (non-hydrogen) atoms. The van der Waals surface area contributed by atoms with Crippen molar-refractivity contribution in [2.75, 3.05) is 53.0 Å². The predicted molar refractivity (Wildman–Crippen MR) is 158 cm³/mol. The highest BCUT2D eigenvalue weighted by Crippen LogP contribution is 2.42. The Morgan fingerprint density at radius 3 is 2.52 bits per heavy atom. The van der Waals surface area contributed by atoms with Crippen LogP contribution in [0.2, 0.25) is 0 Å². The van der Waals surface area contributed by atoms with Crippen LogP contribution in [0.5, 0.6) is 5.75 Å². The second-order valence-electron chi connectivity index (χ2n) is 11.9. The average Bonchev–Trinajstić information content (AvgIpc) is 3.02. The van der Waals surface area contributed by atoms with E-state index in [-0.39, 0.29) is 24.8 Å². The summed E-state index contributed by atoms with van der Waals surface area (Å²) in [6.45, 7) is 4.72. The van der Waals surface area contributed by atoms with Crippen LogP contribution in [0.1, 0.15) is 55.0 Å². The number of morpholine rings is 1. The zero-order chi connectivity index (χ0) is 31.3. The van der Waals surface area contributed by atoms with E-state index in [1.165, 1.54) is 0 Å². The van der Waals surface area contributed by atoms with E-state index >= 15 is 4.39 Å². The van der Waals surface area contributed by atoms with Gasteiger partial charge in [-0.2, -0.15) is 0 Å². The van der Waals surface area contributed by atoms with E-state index in [4.69, 9.17) is 9.47 Å². The topological polar surface area (TPSA) is 75.1 Å². The van der Waals surface area contributed by atoms with Gasteiger partial charge in [-0.25, -0.2) is 17.6 Å². The Hall–Kier alpha value is -3.28. The Balaban J connectivity index is 1.25. The van der Waals surface area contributed by atoms with E-state index in [1.54, 1.807) is 31.5 Å². The molecular formula is C33H39F4N3O4. The van der Waals surface area contributed by atoms with Crippen LogP contribution in [0.4, 0.5) is 17.6 Å². The molecule has 1 atom stereocenters. The minimum atomic E-state index is -1.40. The van der Waals surface area contributed by atoms with Crippen LogP contribution in [0, 0.1) is 22.9 Å². The fourth-order valence-electron chi connectivity index (χ4n) is 6.46. The van der Waals surface area contributed by atoms with Crippen molar-refractivity contribution in [3.63, 3.8) is 0 Å². The Labute approximate surface area is 254 Å². The number of halogens is 4. The lowest BCUT2D eigenvalue weighted by atomic mass is 9.74. The molecule has 2 aliphatic rings. The number of hydrogen-bond donors (Lipinski definition) is 1. The van der Waals surface area contributed by atoms with Crippen molar-refractivity contribution >= 4 is 16.9 Å². The number of hydrogen-bond acceptors (Lipinski definition) is 6. The Morgan fingerprint density at radius 1 is 1.07 bits per heavy atom. The van der Waals surface area contributed by atoms with Gasteiger partial charge in [-0.05, 0) is 93.6 Å². The maximum absolute atomic E-state index is 16.4. The number of aryl methyl sites for hydroxylation is 1. The van der Waals surface area contributed by atoms with Crippen molar-refractivity contribution in [3.05, 3.63) is 70.7 Å². The van der Waals surface area contributed by atoms with Crippen molar-refractivity contribution in [2.24, 2.45) is 5.41 Å². The lowest BCUT2D eigenvalue weighted by Gasteiger charge is -2.39. The predicted octanol–water partition coefficient (Wildman–Crippen LogP) is 6.08. The van der Waals surface area contributed by atoms with Gasteiger partial charge in [-0.3, -0.25) is 14.7 Å². The maximum Gasteiger partial charge on any atom is 0.309 e. The minimum Gasteiger partial charge on any atom is -0.497 e. The quantitative estimate of drug-likeness (QED) is 0.195. The summed E-state index contributed by atoms with van der Waals surface area (Å²) in [4.78, 5) is 21.4. The molecule has 0 unspecified atom stereocenters. The third kappa shape index (κ3) is 7.33. The molecule has 2 fully saturated rings. The number of rotatable bonds is 12. The Kier molecular flexibility index (Phi) is 10.4. The lowest BCUT2D eigenvalue weighted by Crippen LogP contribution is -2.44. The number of aromatic nitrogens is 1. The summed E-state index contributed by atoms with van der Waals surface area (Å²) in [6, 6.07) is 6.91. The third-order valence-corrected chi connectivity index (χ3v) is 9.14. The number of benzene rings is 2. The second kappa shape index (κ2) is 14.2. The SMILES string of the molecule is COc1ccc2ncc(CN3CCOCC3)c([C@H](F)CCC3(C(=O)O)CCN(CCCc4cc(F)cc(F)c4F)CC3)c2c1. The Bertz CT molecular complexity index is 1460. The number of carboxylic acid groups (broad SMARTS) is 1. The van der Waals surface area contributed by atoms with E-state index in [1.807, 2.05) is 0 Å². The molecule has 3 aromatic rings. The lowest BCUT2D eigenvalue weighted by molar-refractivity contribution is -0.153. The van der Waals surface area contributed by atoms with Gasteiger partial charge < -0.3 is 19.5 Å². The van der Waals surface area contributed by atoms with Gasteiger partial charge in [0.1, 0.15) is 17.7 Å². The number of methoxy groups -OCH3 is 1. The van der Waals surface area contributed by atoms with Gasteiger partial charge in [0, 0.05) is 42.8 Å². The summed E-state index contributed by atoms with van der Waals surface area (Å²) >= 11 is 0. The molecule has 11 heteroatoms. The highest BCUT2D eigenvalue weighted by Gasteiger charge is 2.42. The van der Waals surface area contributed by atoms with Crippen molar-refractivity contribution in [1.82, 2.24) is 14.8 Å². The summed E-state index contributed by atoms with van der Waals surface area (Å²) in [5, 5.41) is 10.9. The first-order chi connectivity index (χ1) is 21.2. The number of piperidine rings is 1. The van der Waals surface area contributed by atoms with Gasteiger partial charge in [0.05, 0.1) is 31.3 Å². The summed E-state index contributed by atoms with van der Waals surface area (Å²) < 4.78 is 68.3. The van der Waals surface area contributed by atoms with Crippen LogP contribution in [-0.4, -0.2) is 78.9 Å². The van der Waals surface area contributed by atoms with Crippen molar-refractivity contribution in [1.29, 1.82) is 0 Å². The first-order valence-electron chi connectivity index (χ1n) is 15.2. The molecular weight excluding hydrogens is 578 g/mol. The van der Waals surface area contributed by atoms with E-state index in [0.29, 0.717) is 86.9 Å². The number of aliphatic carboxylic acids is 1. The molecule has 0 spiro atoms. The van der Waals surface area contributed by atoms with E-state index < -0.39 is 35.0 Å². The summed E-state index contributed by atoms with van der Waals surface area (Å²) in [5.74, 6) is -3.40. The van der Waals surface area contributed by atoms with Crippen molar-refractivity contribution in [2.45, 2.75) is 51.2 Å². The number of nitrogens with zero attached hydrogens (tertiary/aromatic N) is 3. The number of ether oxygens (including phenoxy) is 2. The second-order valence-corrected chi connectivity index (χ2v) is 11.9. The van der Waals surface area contributed by atoms with Crippen LogP contribution in [0.25, 0.3) is 10.9 Å². The van der Waals surface area contributed by atoms with Crippen LogP contribution >= 0.6 is 0 Å². The molecule has 238 valence electrons. The molecule has 0 saturated carbocycles. The van der Waals surface area contributed by atoms with Crippen LogP contribution < -0.4 is 4.74 Å². The molecule has 0 aliphatic carbocycles. The number of carboxylic acids is 1. The van der Waals surface area contributed by atoms with E-state index in [0.717, 1.165) is 24.7 Å². The van der Waals surface area contributed by atoms with Crippen molar-refractivity contribution in [3.8, 4) is 5.75 Å². The fraction of sp³-hybridized carbons (Fsp3) is 0.515. The molecule has 2 aromatic carbocycles. The molecule has 0 amide bonds. The van der Waals surface area contributed by atoms with Crippen molar-refractivity contribution < 1.29 is 36.9 Å². The monoisotopic (exact) mass is 617 g/mol. The van der Waals surface area contributed by atoms with Gasteiger partial charge in [0.2, 0.25) is 0 Å². The first-order valence-corrected chi connectivity index (χ1v) is 15.2. The normalized spacial score (nSPS) is 18.4. The smallest absolute Gasteiger partial charge is 0.309 e. The zero-order valence-corrected chi connectivity index (χ0v) is 25.0. The standard InChI is InChI=1S/C33H39F4N3O4/c1-43-25-4-5-29-26(19-25)30(23(20-38-29)21-40-13-15-44-16-14-40)27(35)6-7-33(32(41)42)8-11-39(12-9-33)10-2-3-22-17-24(34)18-28(36)31(22)37/h4-5,17-20,27H,2-3,6-16,21H2,1H3,(H,41,42)/t27-/m1/s1. The maximum atomic E-state index is 16.4. The largest absolute Gasteiger partial charge is 0.497 e. The molecule has 1 N–H and O–H groups in total. The van der Waals surface area contributed by atoms with E-state index in [2.05, 4.69) is 14.8 Å². The van der Waals surface area contributed by atoms with Gasteiger partial charge in [-0.1, -0.05) is 0 Å². The van der Waals surface area contributed by atoms with Crippen LogP contribution in [0.15, 0.2) is 36.5 Å². The molecule has 5 rings (SSSR count). The number of carbonyl (C=O) groups is 1. The van der Waals surface area contributed by atoms with Gasteiger partial charge >= 0.3 is 5.97 Å². The molecule has 3 heterocycles. The van der Waals surface area contributed by atoms with Gasteiger partial charge in [0.15, 0.2) is 11.6 Å². The van der Waals surface area contributed by atoms with E-state index in [9.17, 15) is 23.1 Å². The number of likely N-dealkylation sites (tertiary alicyclic amines) is 1. The highest BCUT2D eigenvalue weighted by atomic mass is 19.2. The molecule has 7 nitrogen and oxygen atoms in total. The average molecular weight is 618 g/mol. The number of alkyl halides is 1. The van der Waals surface area contributed by atoms with Gasteiger partial charge in [-0.15, -0.1) is 0 Å². The van der Waals surface area contributed by atoms with Crippen LogP contribution in [0.3, 0.4) is 0 Å². The fourth-order valence-corrected chi connectivity index (χ4v) is 6.46. The molecule has 0 bridgehead atoms. The number of pyridine rings is 1.